The molecule has 4 heteroatoms. The molecule has 1 aromatic carbocycles. The minimum absolute atomic E-state index is 0.154. The molecule has 0 aliphatic heterocycles. The Kier molecular flexibility index (Phi) is 3.69. The second-order valence-corrected chi connectivity index (χ2v) is 2.76. The molecule has 0 aliphatic carbocycles. The summed E-state index contributed by atoms with van der Waals surface area (Å²) < 4.78 is 22.0. The molecule has 0 fully saturated rings. The number of ether oxygens (including phenoxy) is 2. The van der Waals surface area contributed by atoms with Gasteiger partial charge >= 0.3 is 6.16 Å². The molecule has 0 saturated heterocycles. The minimum Gasteiger partial charge on any atom is -0.421 e. The highest BCUT2D eigenvalue weighted by molar-refractivity contribution is 5.64. The van der Waals surface area contributed by atoms with E-state index in [9.17, 15) is 9.18 Å². The molecule has 0 amide bonds. The third kappa shape index (κ3) is 3.31. The zero-order valence-corrected chi connectivity index (χ0v) is 8.12. The lowest BCUT2D eigenvalue weighted by molar-refractivity contribution is 0.111. The van der Waals surface area contributed by atoms with E-state index in [1.807, 2.05) is 0 Å². The molecule has 3 nitrogen and oxygen atoms in total. The van der Waals surface area contributed by atoms with Crippen LogP contribution >= 0.6 is 0 Å². The van der Waals surface area contributed by atoms with Crippen molar-refractivity contribution < 1.29 is 18.7 Å². The molecule has 0 spiro atoms. The predicted octanol–water partition coefficient (Wildman–Crippen LogP) is 2.28. The van der Waals surface area contributed by atoms with Crippen molar-refractivity contribution in [2.75, 3.05) is 6.61 Å². The molecule has 0 bridgehead atoms. The first kappa shape index (κ1) is 11.1. The number of carbonyl (C=O) groups is 1. The van der Waals surface area contributed by atoms with Gasteiger partial charge in [0.05, 0.1) is 0 Å². The van der Waals surface area contributed by atoms with Gasteiger partial charge < -0.3 is 9.47 Å². The Hall–Kier alpha value is -2.02. The van der Waals surface area contributed by atoms with Gasteiger partial charge in [-0.1, -0.05) is 5.92 Å². The van der Waals surface area contributed by atoms with Crippen molar-refractivity contribution in [3.63, 3.8) is 0 Å². The second kappa shape index (κ2) is 5.01. The summed E-state index contributed by atoms with van der Waals surface area (Å²) in [6, 6.07) is 3.94. The quantitative estimate of drug-likeness (QED) is 0.425. The Morgan fingerprint density at radius 2 is 2.33 bits per heavy atom. The summed E-state index contributed by atoms with van der Waals surface area (Å²) in [5.41, 5.74) is 0.386. The predicted molar refractivity (Wildman–Crippen MR) is 51.9 cm³/mol. The van der Waals surface area contributed by atoms with Crippen LogP contribution in [-0.2, 0) is 4.74 Å². The van der Waals surface area contributed by atoms with E-state index in [0.717, 1.165) is 0 Å². The molecular formula is C11H9FO3. The number of benzene rings is 1. The van der Waals surface area contributed by atoms with Crippen LogP contribution in [0.25, 0.3) is 0 Å². The fourth-order valence-corrected chi connectivity index (χ4v) is 0.907. The first-order valence-electron chi connectivity index (χ1n) is 4.17. The van der Waals surface area contributed by atoms with E-state index in [1.165, 1.54) is 18.2 Å². The van der Waals surface area contributed by atoms with Gasteiger partial charge in [-0.05, 0) is 30.7 Å². The van der Waals surface area contributed by atoms with Crippen LogP contribution in [0.15, 0.2) is 18.2 Å². The first-order valence-corrected chi connectivity index (χ1v) is 4.17. The molecule has 0 atom stereocenters. The number of hydrogen-bond donors (Lipinski definition) is 0. The van der Waals surface area contributed by atoms with Crippen LogP contribution < -0.4 is 4.74 Å². The Morgan fingerprint density at radius 1 is 1.60 bits per heavy atom. The number of halogens is 1. The van der Waals surface area contributed by atoms with E-state index in [1.54, 1.807) is 6.92 Å². The molecule has 78 valence electrons. The lowest BCUT2D eigenvalue weighted by Crippen LogP contribution is -2.10. The monoisotopic (exact) mass is 208 g/mol. The maximum absolute atomic E-state index is 12.8. The summed E-state index contributed by atoms with van der Waals surface area (Å²) in [4.78, 5) is 10.9. The molecule has 0 heterocycles. The van der Waals surface area contributed by atoms with Crippen molar-refractivity contribution in [3.05, 3.63) is 29.6 Å². The van der Waals surface area contributed by atoms with Crippen molar-refractivity contribution in [2.24, 2.45) is 0 Å². The van der Waals surface area contributed by atoms with E-state index >= 15 is 0 Å². The maximum Gasteiger partial charge on any atom is 0.514 e. The average Bonchev–Trinajstić information content (AvgIpc) is 2.20. The van der Waals surface area contributed by atoms with Crippen LogP contribution in [0, 0.1) is 25.1 Å². The Labute approximate surface area is 86.8 Å². The van der Waals surface area contributed by atoms with Gasteiger partial charge in [0.15, 0.2) is 6.61 Å². The second-order valence-electron chi connectivity index (χ2n) is 2.76. The average molecular weight is 208 g/mol. The van der Waals surface area contributed by atoms with E-state index in [-0.39, 0.29) is 18.2 Å². The normalized spacial score (nSPS) is 9.13. The molecule has 15 heavy (non-hydrogen) atoms. The van der Waals surface area contributed by atoms with Crippen molar-refractivity contribution >= 4 is 6.16 Å². The van der Waals surface area contributed by atoms with Crippen LogP contribution in [0.4, 0.5) is 9.18 Å². The molecule has 0 unspecified atom stereocenters. The fourth-order valence-electron chi connectivity index (χ4n) is 0.907. The highest BCUT2D eigenvalue weighted by Gasteiger charge is 2.06. The molecule has 0 saturated carbocycles. The lowest BCUT2D eigenvalue weighted by Gasteiger charge is -2.04. The zero-order valence-electron chi connectivity index (χ0n) is 8.12. The summed E-state index contributed by atoms with van der Waals surface area (Å²) in [7, 11) is 0. The largest absolute Gasteiger partial charge is 0.514 e. The summed E-state index contributed by atoms with van der Waals surface area (Å²) in [5, 5.41) is 0. The standard InChI is InChI=1S/C11H9FO3/c1-3-6-14-11(13)15-9-4-5-10(12)8(2)7-9/h1,4-5,7H,6H2,2H3. The van der Waals surface area contributed by atoms with Gasteiger partial charge in [0, 0.05) is 0 Å². The van der Waals surface area contributed by atoms with Gasteiger partial charge in [0.2, 0.25) is 0 Å². The third-order valence-corrected chi connectivity index (χ3v) is 1.60. The van der Waals surface area contributed by atoms with Crippen molar-refractivity contribution in [3.8, 4) is 18.1 Å². The number of rotatable bonds is 2. The van der Waals surface area contributed by atoms with Gasteiger partial charge in [-0.3, -0.25) is 0 Å². The maximum atomic E-state index is 12.8. The van der Waals surface area contributed by atoms with Gasteiger partial charge in [-0.25, -0.2) is 9.18 Å². The first-order chi connectivity index (χ1) is 7.13. The van der Waals surface area contributed by atoms with E-state index < -0.39 is 6.16 Å². The van der Waals surface area contributed by atoms with Crippen molar-refractivity contribution in [1.29, 1.82) is 0 Å². The third-order valence-electron chi connectivity index (χ3n) is 1.60. The fraction of sp³-hybridized carbons (Fsp3) is 0.182. The highest BCUT2D eigenvalue weighted by atomic mass is 19.1. The van der Waals surface area contributed by atoms with Crippen molar-refractivity contribution in [2.45, 2.75) is 6.92 Å². The van der Waals surface area contributed by atoms with Gasteiger partial charge in [0.25, 0.3) is 0 Å². The summed E-state index contributed by atoms with van der Waals surface area (Å²) in [5.74, 6) is 1.98. The Morgan fingerprint density at radius 3 is 2.93 bits per heavy atom. The van der Waals surface area contributed by atoms with Crippen LogP contribution in [0.2, 0.25) is 0 Å². The zero-order chi connectivity index (χ0) is 11.3. The van der Waals surface area contributed by atoms with Gasteiger partial charge in [0.1, 0.15) is 11.6 Å². The van der Waals surface area contributed by atoms with Crippen molar-refractivity contribution in [1.82, 2.24) is 0 Å². The number of aryl methyl sites for hydroxylation is 1. The summed E-state index contributed by atoms with van der Waals surface area (Å²) in [6.45, 7) is 1.41. The van der Waals surface area contributed by atoms with E-state index in [2.05, 4.69) is 10.7 Å². The molecule has 1 aromatic rings. The summed E-state index contributed by atoms with van der Waals surface area (Å²) >= 11 is 0. The SMILES string of the molecule is C#CCOC(=O)Oc1ccc(F)c(C)c1. The number of carbonyl (C=O) groups excluding carboxylic acids is 1. The summed E-state index contributed by atoms with van der Waals surface area (Å²) in [6.07, 6.45) is 3.98. The Bertz CT molecular complexity index is 407. The Balaban J connectivity index is 2.62. The van der Waals surface area contributed by atoms with Gasteiger partial charge in [-0.2, -0.15) is 0 Å². The molecule has 1 rings (SSSR count). The lowest BCUT2D eigenvalue weighted by atomic mass is 10.2. The minimum atomic E-state index is -0.904. The molecular weight excluding hydrogens is 199 g/mol. The topological polar surface area (TPSA) is 35.5 Å². The van der Waals surface area contributed by atoms with Crippen LogP contribution in [0.1, 0.15) is 5.56 Å². The molecule has 0 aromatic heterocycles. The molecule has 0 N–H and O–H groups in total. The smallest absolute Gasteiger partial charge is 0.421 e. The van der Waals surface area contributed by atoms with E-state index in [0.29, 0.717) is 5.56 Å². The highest BCUT2D eigenvalue weighted by Crippen LogP contribution is 2.16. The number of hydrogen-bond acceptors (Lipinski definition) is 3. The number of terminal acetylenes is 1. The van der Waals surface area contributed by atoms with Crippen LogP contribution in [0.3, 0.4) is 0 Å². The van der Waals surface area contributed by atoms with Gasteiger partial charge in [-0.15, -0.1) is 6.42 Å². The van der Waals surface area contributed by atoms with Crippen LogP contribution in [-0.4, -0.2) is 12.8 Å². The molecule has 0 radical (unpaired) electrons. The molecule has 0 aliphatic rings. The van der Waals surface area contributed by atoms with E-state index in [4.69, 9.17) is 11.2 Å². The van der Waals surface area contributed by atoms with Crippen LogP contribution in [0.5, 0.6) is 5.75 Å².